The Morgan fingerprint density at radius 1 is 1.18 bits per heavy atom. The molecule has 0 aromatic heterocycles. The molecule has 2 fully saturated rings. The van der Waals surface area contributed by atoms with E-state index < -0.39 is 0 Å². The normalized spacial score (nSPS) is 26.8. The molecule has 5 heteroatoms. The van der Waals surface area contributed by atoms with Crippen LogP contribution in [-0.4, -0.2) is 52.5 Å². The van der Waals surface area contributed by atoms with Crippen molar-refractivity contribution >= 4 is 15.9 Å². The maximum Gasteiger partial charge on any atom is 0.127 e. The molecule has 2 heterocycles. The molecule has 0 bridgehead atoms. The molecule has 3 rings (SSSR count). The third-order valence-electron chi connectivity index (χ3n) is 5.09. The van der Waals surface area contributed by atoms with E-state index in [9.17, 15) is 0 Å². The number of morpholine rings is 1. The third-order valence-corrected chi connectivity index (χ3v) is 5.58. The van der Waals surface area contributed by atoms with Crippen LogP contribution in [0, 0.1) is 0 Å². The molecule has 2 aliphatic heterocycles. The highest BCUT2D eigenvalue weighted by molar-refractivity contribution is 9.10. The number of quaternary nitrogens is 2. The lowest BCUT2D eigenvalue weighted by molar-refractivity contribution is -0.967. The Kier molecular flexibility index (Phi) is 5.74. The van der Waals surface area contributed by atoms with Gasteiger partial charge in [0.15, 0.2) is 0 Å². The standard InChI is InChI=1S/C17H25BrN2O2/c1-21-17-3-2-15(18)12-14(17)13-19-6-4-16(5-7-19)20-8-10-22-11-9-20/h2-3,12,16H,4-11,13H2,1H3/p+2. The minimum atomic E-state index is 0.844. The zero-order valence-corrected chi connectivity index (χ0v) is 15.0. The Balaban J connectivity index is 1.54. The summed E-state index contributed by atoms with van der Waals surface area (Å²) in [6, 6.07) is 7.15. The number of nitrogens with one attached hydrogen (secondary N) is 2. The van der Waals surface area contributed by atoms with E-state index in [1.54, 1.807) is 16.9 Å². The van der Waals surface area contributed by atoms with Crippen molar-refractivity contribution in [1.29, 1.82) is 0 Å². The fourth-order valence-electron chi connectivity index (χ4n) is 3.81. The zero-order valence-electron chi connectivity index (χ0n) is 13.4. The average Bonchev–Trinajstić information content (AvgIpc) is 2.57. The molecule has 2 aliphatic rings. The Hall–Kier alpha value is -0.620. The number of rotatable bonds is 4. The fourth-order valence-corrected chi connectivity index (χ4v) is 4.22. The number of hydrogen-bond acceptors (Lipinski definition) is 2. The van der Waals surface area contributed by atoms with E-state index in [0.29, 0.717) is 0 Å². The van der Waals surface area contributed by atoms with Gasteiger partial charge in [-0.25, -0.2) is 0 Å². The van der Waals surface area contributed by atoms with Crippen molar-refractivity contribution < 1.29 is 19.3 Å². The Labute approximate surface area is 141 Å². The SMILES string of the molecule is COc1ccc(Br)cc1C[NH+]1CCC([NH+]2CCOCC2)CC1. The maximum atomic E-state index is 5.51. The van der Waals surface area contributed by atoms with Crippen LogP contribution in [0.15, 0.2) is 22.7 Å². The van der Waals surface area contributed by atoms with Crippen molar-refractivity contribution in [2.45, 2.75) is 25.4 Å². The predicted octanol–water partition coefficient (Wildman–Crippen LogP) is -0.0799. The van der Waals surface area contributed by atoms with Crippen molar-refractivity contribution in [2.75, 3.05) is 46.5 Å². The van der Waals surface area contributed by atoms with Gasteiger partial charge >= 0.3 is 0 Å². The molecule has 4 nitrogen and oxygen atoms in total. The fraction of sp³-hybridized carbons (Fsp3) is 0.647. The van der Waals surface area contributed by atoms with Crippen LogP contribution in [0.5, 0.6) is 5.75 Å². The van der Waals surface area contributed by atoms with E-state index in [4.69, 9.17) is 9.47 Å². The first-order chi connectivity index (χ1) is 10.8. The number of ether oxygens (including phenoxy) is 2. The van der Waals surface area contributed by atoms with Crippen LogP contribution in [0.4, 0.5) is 0 Å². The summed E-state index contributed by atoms with van der Waals surface area (Å²) in [7, 11) is 1.76. The van der Waals surface area contributed by atoms with E-state index in [-0.39, 0.29) is 0 Å². The van der Waals surface area contributed by atoms with Gasteiger partial charge in [-0.05, 0) is 18.2 Å². The molecule has 122 valence electrons. The highest BCUT2D eigenvalue weighted by atomic mass is 79.9. The summed E-state index contributed by atoms with van der Waals surface area (Å²) in [6.07, 6.45) is 2.67. The van der Waals surface area contributed by atoms with Crippen molar-refractivity contribution in [3.8, 4) is 5.75 Å². The van der Waals surface area contributed by atoms with Gasteiger partial charge in [0.05, 0.1) is 39.5 Å². The molecule has 0 amide bonds. The van der Waals surface area contributed by atoms with Crippen LogP contribution in [0.2, 0.25) is 0 Å². The number of halogens is 1. The van der Waals surface area contributed by atoms with Gasteiger partial charge in [0.2, 0.25) is 0 Å². The highest BCUT2D eigenvalue weighted by Crippen LogP contribution is 2.22. The van der Waals surface area contributed by atoms with Gasteiger partial charge in [-0.1, -0.05) is 15.9 Å². The lowest BCUT2D eigenvalue weighted by Crippen LogP contribution is -3.21. The number of likely N-dealkylation sites (tertiary alicyclic amines) is 1. The van der Waals surface area contributed by atoms with Gasteiger partial charge in [0, 0.05) is 22.9 Å². The van der Waals surface area contributed by atoms with E-state index in [0.717, 1.165) is 36.0 Å². The van der Waals surface area contributed by atoms with Gasteiger partial charge < -0.3 is 19.3 Å². The van der Waals surface area contributed by atoms with Gasteiger partial charge in [-0.3, -0.25) is 0 Å². The number of methoxy groups -OCH3 is 1. The number of piperidine rings is 1. The summed E-state index contributed by atoms with van der Waals surface area (Å²) >= 11 is 3.57. The summed E-state index contributed by atoms with van der Waals surface area (Å²) in [5.74, 6) is 1.01. The maximum absolute atomic E-state index is 5.51. The quantitative estimate of drug-likeness (QED) is 0.775. The van der Waals surface area contributed by atoms with Crippen LogP contribution in [0.1, 0.15) is 18.4 Å². The molecular formula is C17H27BrN2O2+2. The molecule has 0 aliphatic carbocycles. The Morgan fingerprint density at radius 2 is 1.91 bits per heavy atom. The molecule has 0 saturated carbocycles. The van der Waals surface area contributed by atoms with Gasteiger partial charge in [-0.2, -0.15) is 0 Å². The second kappa shape index (κ2) is 7.77. The van der Waals surface area contributed by atoms with Crippen molar-refractivity contribution in [1.82, 2.24) is 0 Å². The lowest BCUT2D eigenvalue weighted by atomic mass is 10.0. The zero-order chi connectivity index (χ0) is 15.4. The van der Waals surface area contributed by atoms with Crippen LogP contribution in [0.25, 0.3) is 0 Å². The van der Waals surface area contributed by atoms with Crippen molar-refractivity contribution in [3.63, 3.8) is 0 Å². The first kappa shape index (κ1) is 16.2. The van der Waals surface area contributed by atoms with Crippen molar-refractivity contribution in [3.05, 3.63) is 28.2 Å². The lowest BCUT2D eigenvalue weighted by Gasteiger charge is -2.36. The Morgan fingerprint density at radius 3 is 2.59 bits per heavy atom. The molecule has 1 aromatic carbocycles. The molecule has 2 N–H and O–H groups in total. The first-order valence-corrected chi connectivity index (χ1v) is 9.14. The highest BCUT2D eigenvalue weighted by Gasteiger charge is 2.31. The third kappa shape index (κ3) is 4.02. The summed E-state index contributed by atoms with van der Waals surface area (Å²) in [6.45, 7) is 7.87. The molecule has 1 aromatic rings. The monoisotopic (exact) mass is 370 g/mol. The topological polar surface area (TPSA) is 27.3 Å². The summed E-state index contributed by atoms with van der Waals surface area (Å²) in [5, 5.41) is 0. The molecule has 0 atom stereocenters. The van der Waals surface area contributed by atoms with Crippen LogP contribution < -0.4 is 14.5 Å². The molecule has 0 radical (unpaired) electrons. The molecule has 22 heavy (non-hydrogen) atoms. The number of benzene rings is 1. The average molecular weight is 371 g/mol. The second-order valence-corrected chi connectivity index (χ2v) is 7.34. The first-order valence-electron chi connectivity index (χ1n) is 8.34. The van der Waals surface area contributed by atoms with E-state index in [1.165, 1.54) is 44.6 Å². The summed E-state index contributed by atoms with van der Waals surface area (Å²) in [4.78, 5) is 3.45. The van der Waals surface area contributed by atoms with E-state index in [2.05, 4.69) is 28.1 Å². The smallest absolute Gasteiger partial charge is 0.127 e. The van der Waals surface area contributed by atoms with Crippen molar-refractivity contribution in [2.24, 2.45) is 0 Å². The van der Waals surface area contributed by atoms with Crippen LogP contribution in [-0.2, 0) is 11.3 Å². The van der Waals surface area contributed by atoms with Crippen LogP contribution >= 0.6 is 15.9 Å². The van der Waals surface area contributed by atoms with Gasteiger partial charge in [0.1, 0.15) is 25.4 Å². The molecule has 0 unspecified atom stereocenters. The van der Waals surface area contributed by atoms with Gasteiger partial charge in [0.25, 0.3) is 0 Å². The largest absolute Gasteiger partial charge is 0.496 e. The Bertz CT molecular complexity index is 484. The second-order valence-electron chi connectivity index (χ2n) is 6.43. The minimum absolute atomic E-state index is 0.844. The minimum Gasteiger partial charge on any atom is -0.496 e. The predicted molar refractivity (Wildman–Crippen MR) is 89.6 cm³/mol. The molecular weight excluding hydrogens is 344 g/mol. The van der Waals surface area contributed by atoms with Crippen LogP contribution in [0.3, 0.4) is 0 Å². The molecule has 2 saturated heterocycles. The molecule has 0 spiro atoms. The summed E-state index contributed by atoms with van der Waals surface area (Å²) in [5.41, 5.74) is 1.31. The number of hydrogen-bond donors (Lipinski definition) is 2. The summed E-state index contributed by atoms with van der Waals surface area (Å²) < 4.78 is 12.1. The van der Waals surface area contributed by atoms with E-state index >= 15 is 0 Å². The van der Waals surface area contributed by atoms with Gasteiger partial charge in [-0.15, -0.1) is 0 Å². The van der Waals surface area contributed by atoms with E-state index in [1.807, 2.05) is 6.07 Å².